The zero-order valence-corrected chi connectivity index (χ0v) is 11.6. The van der Waals surface area contributed by atoms with E-state index < -0.39 is 15.8 Å². The van der Waals surface area contributed by atoms with Gasteiger partial charge in [0.05, 0.1) is 10.6 Å². The van der Waals surface area contributed by atoms with Crippen molar-refractivity contribution in [3.63, 3.8) is 0 Å². The molecule has 0 bridgehead atoms. The summed E-state index contributed by atoms with van der Waals surface area (Å²) < 4.78 is 44.7. The third kappa shape index (κ3) is 3.94. The van der Waals surface area contributed by atoms with Crippen LogP contribution in [0.5, 0.6) is 5.75 Å². The number of sulfonamides is 1. The van der Waals surface area contributed by atoms with Gasteiger partial charge in [-0.2, -0.15) is 5.26 Å². The predicted octanol–water partition coefficient (Wildman–Crippen LogP) is 2.53. The maximum atomic E-state index is 13.1. The highest BCUT2D eigenvalue weighted by molar-refractivity contribution is 7.92. The van der Waals surface area contributed by atoms with Crippen LogP contribution in [-0.4, -0.2) is 15.0 Å². The molecular formula is C14H11FN2O3S. The molecule has 0 fully saturated rings. The molecule has 5 nitrogen and oxygen atoms in total. The molecule has 0 aromatic heterocycles. The Kier molecular flexibility index (Phi) is 4.40. The topological polar surface area (TPSA) is 79.2 Å². The van der Waals surface area contributed by atoms with Crippen molar-refractivity contribution < 1.29 is 17.5 Å². The van der Waals surface area contributed by atoms with Crippen LogP contribution in [0.1, 0.15) is 0 Å². The third-order valence-electron chi connectivity index (χ3n) is 2.50. The summed E-state index contributed by atoms with van der Waals surface area (Å²) >= 11 is 0. The molecule has 1 N–H and O–H groups in total. The van der Waals surface area contributed by atoms with E-state index >= 15 is 0 Å². The second-order valence-corrected chi connectivity index (χ2v) is 5.72. The van der Waals surface area contributed by atoms with E-state index in [1.165, 1.54) is 24.3 Å². The van der Waals surface area contributed by atoms with Crippen LogP contribution in [0.25, 0.3) is 0 Å². The maximum Gasteiger partial charge on any atom is 0.261 e. The molecule has 108 valence electrons. The summed E-state index contributed by atoms with van der Waals surface area (Å²) in [4.78, 5) is -0.175. The van der Waals surface area contributed by atoms with Crippen LogP contribution in [-0.2, 0) is 10.0 Å². The fourth-order valence-electron chi connectivity index (χ4n) is 1.61. The van der Waals surface area contributed by atoms with Gasteiger partial charge in [0.25, 0.3) is 10.0 Å². The third-order valence-corrected chi connectivity index (χ3v) is 3.87. The number of ether oxygens (including phenoxy) is 1. The molecule has 0 heterocycles. The molecule has 0 atom stereocenters. The Morgan fingerprint density at radius 1 is 1.19 bits per heavy atom. The summed E-state index contributed by atoms with van der Waals surface area (Å²) in [6.07, 6.45) is 0. The van der Waals surface area contributed by atoms with Crippen LogP contribution >= 0.6 is 0 Å². The van der Waals surface area contributed by atoms with Gasteiger partial charge in [0.15, 0.2) is 6.61 Å². The fourth-order valence-corrected chi connectivity index (χ4v) is 2.69. The van der Waals surface area contributed by atoms with Gasteiger partial charge in [-0.25, -0.2) is 12.8 Å². The summed E-state index contributed by atoms with van der Waals surface area (Å²) in [5.41, 5.74) is 0.259. The Hall–Kier alpha value is -2.59. The van der Waals surface area contributed by atoms with Crippen LogP contribution in [0, 0.1) is 17.1 Å². The zero-order valence-electron chi connectivity index (χ0n) is 10.8. The Labute approximate surface area is 121 Å². The molecule has 0 saturated heterocycles. The second kappa shape index (κ2) is 6.24. The number of nitrogens with zero attached hydrogens (tertiary/aromatic N) is 1. The van der Waals surface area contributed by atoms with Crippen molar-refractivity contribution in [1.29, 1.82) is 5.26 Å². The van der Waals surface area contributed by atoms with Gasteiger partial charge in [0, 0.05) is 6.07 Å². The Morgan fingerprint density at radius 3 is 2.67 bits per heavy atom. The standard InChI is InChI=1S/C14H11FN2O3S/c15-11-3-1-6-14(9-11)21(18,19)17-12-4-2-5-13(10-12)20-8-7-16/h1-6,9-10,17H,8H2. The van der Waals surface area contributed by atoms with Crippen molar-refractivity contribution in [2.45, 2.75) is 4.90 Å². The lowest BCUT2D eigenvalue weighted by atomic mass is 10.3. The number of hydrogen-bond donors (Lipinski definition) is 1. The van der Waals surface area contributed by atoms with Crippen LogP contribution in [0.4, 0.5) is 10.1 Å². The number of nitrogens with one attached hydrogen (secondary N) is 1. The van der Waals surface area contributed by atoms with E-state index in [0.717, 1.165) is 12.1 Å². The van der Waals surface area contributed by atoms with Gasteiger partial charge < -0.3 is 4.74 Å². The van der Waals surface area contributed by atoms with E-state index in [-0.39, 0.29) is 17.2 Å². The first-order chi connectivity index (χ1) is 10.0. The van der Waals surface area contributed by atoms with Crippen molar-refractivity contribution in [1.82, 2.24) is 0 Å². The monoisotopic (exact) mass is 306 g/mol. The van der Waals surface area contributed by atoms with Gasteiger partial charge >= 0.3 is 0 Å². The lowest BCUT2D eigenvalue weighted by molar-refractivity contribution is 0.368. The van der Waals surface area contributed by atoms with Crippen LogP contribution in [0.15, 0.2) is 53.4 Å². The number of nitriles is 1. The number of benzene rings is 2. The molecule has 7 heteroatoms. The normalized spacial score (nSPS) is 10.7. The average Bonchev–Trinajstić information content (AvgIpc) is 2.45. The maximum absolute atomic E-state index is 13.1. The van der Waals surface area contributed by atoms with Gasteiger partial charge in [-0.05, 0) is 30.3 Å². The highest BCUT2D eigenvalue weighted by Gasteiger charge is 2.15. The molecular weight excluding hydrogens is 295 g/mol. The molecule has 0 aliphatic carbocycles. The number of anilines is 1. The minimum absolute atomic E-state index is 0.139. The largest absolute Gasteiger partial charge is 0.479 e. The lowest BCUT2D eigenvalue weighted by Crippen LogP contribution is -2.13. The van der Waals surface area contributed by atoms with E-state index in [0.29, 0.717) is 5.75 Å². The summed E-state index contributed by atoms with van der Waals surface area (Å²) in [5.74, 6) is -0.278. The minimum Gasteiger partial charge on any atom is -0.479 e. The first kappa shape index (κ1) is 14.8. The van der Waals surface area contributed by atoms with E-state index in [1.807, 2.05) is 6.07 Å². The Bertz CT molecular complexity index is 785. The summed E-state index contributed by atoms with van der Waals surface area (Å²) in [6, 6.07) is 12.6. The van der Waals surface area contributed by atoms with Crippen molar-refractivity contribution >= 4 is 15.7 Å². The number of rotatable bonds is 5. The van der Waals surface area contributed by atoms with Gasteiger partial charge in [0.2, 0.25) is 0 Å². The summed E-state index contributed by atoms with van der Waals surface area (Å²) in [5, 5.41) is 8.44. The highest BCUT2D eigenvalue weighted by atomic mass is 32.2. The van der Waals surface area contributed by atoms with E-state index in [2.05, 4.69) is 4.72 Å². The van der Waals surface area contributed by atoms with Crippen molar-refractivity contribution in [3.05, 3.63) is 54.3 Å². The predicted molar refractivity (Wildman–Crippen MR) is 74.8 cm³/mol. The van der Waals surface area contributed by atoms with E-state index in [4.69, 9.17) is 10.00 Å². The van der Waals surface area contributed by atoms with Gasteiger partial charge in [-0.3, -0.25) is 4.72 Å². The molecule has 21 heavy (non-hydrogen) atoms. The Balaban J connectivity index is 2.23. The first-order valence-corrected chi connectivity index (χ1v) is 7.38. The van der Waals surface area contributed by atoms with Crippen molar-refractivity contribution in [2.24, 2.45) is 0 Å². The lowest BCUT2D eigenvalue weighted by Gasteiger charge is -2.09. The quantitative estimate of drug-likeness (QED) is 0.920. The zero-order chi connectivity index (χ0) is 15.3. The van der Waals surface area contributed by atoms with Crippen LogP contribution in [0.2, 0.25) is 0 Å². The molecule has 0 saturated carbocycles. The molecule has 0 unspecified atom stereocenters. The molecule has 0 aliphatic heterocycles. The van der Waals surface area contributed by atoms with Crippen LogP contribution < -0.4 is 9.46 Å². The fraction of sp³-hybridized carbons (Fsp3) is 0.0714. The Morgan fingerprint density at radius 2 is 1.95 bits per heavy atom. The number of halogens is 1. The summed E-state index contributed by atoms with van der Waals surface area (Å²) in [6.45, 7) is -0.139. The van der Waals surface area contributed by atoms with Gasteiger partial charge in [0.1, 0.15) is 17.6 Å². The van der Waals surface area contributed by atoms with Crippen molar-refractivity contribution in [3.8, 4) is 11.8 Å². The van der Waals surface area contributed by atoms with E-state index in [1.54, 1.807) is 12.1 Å². The molecule has 2 rings (SSSR count). The minimum atomic E-state index is -3.88. The van der Waals surface area contributed by atoms with Crippen molar-refractivity contribution in [2.75, 3.05) is 11.3 Å². The molecule has 2 aromatic rings. The van der Waals surface area contributed by atoms with Crippen LogP contribution in [0.3, 0.4) is 0 Å². The number of hydrogen-bond acceptors (Lipinski definition) is 4. The first-order valence-electron chi connectivity index (χ1n) is 5.89. The highest BCUT2D eigenvalue weighted by Crippen LogP contribution is 2.21. The summed E-state index contributed by atoms with van der Waals surface area (Å²) in [7, 11) is -3.88. The smallest absolute Gasteiger partial charge is 0.261 e. The molecule has 0 radical (unpaired) electrons. The molecule has 0 amide bonds. The van der Waals surface area contributed by atoms with Gasteiger partial charge in [-0.15, -0.1) is 0 Å². The van der Waals surface area contributed by atoms with E-state index in [9.17, 15) is 12.8 Å². The average molecular weight is 306 g/mol. The van der Waals surface area contributed by atoms with Gasteiger partial charge in [-0.1, -0.05) is 12.1 Å². The second-order valence-electron chi connectivity index (χ2n) is 4.04. The molecule has 0 spiro atoms. The molecule has 0 aliphatic rings. The molecule has 2 aromatic carbocycles. The SMILES string of the molecule is N#CCOc1cccc(NS(=O)(=O)c2cccc(F)c2)c1.